The molecule has 0 fully saturated rings. The fourth-order valence-corrected chi connectivity index (χ4v) is 3.42. The number of benzene rings is 2. The number of carbonyl (C=O) groups excluding carboxylic acids is 1. The van der Waals surface area contributed by atoms with Crippen LogP contribution in [-0.2, 0) is 28.3 Å². The van der Waals surface area contributed by atoms with Crippen molar-refractivity contribution in [3.8, 4) is 17.2 Å². The highest BCUT2D eigenvalue weighted by Crippen LogP contribution is 2.29. The summed E-state index contributed by atoms with van der Waals surface area (Å²) in [5, 5.41) is 2.93. The van der Waals surface area contributed by atoms with Gasteiger partial charge in [-0.25, -0.2) is 0 Å². The minimum atomic E-state index is -4.56. The molecule has 8 nitrogen and oxygen atoms in total. The molecule has 0 aromatic heterocycles. The van der Waals surface area contributed by atoms with Gasteiger partial charge >= 0.3 is 10.4 Å². The Kier molecular flexibility index (Phi) is 10.9. The zero-order chi connectivity index (χ0) is 25.0. The van der Waals surface area contributed by atoms with Crippen LogP contribution in [0.2, 0.25) is 0 Å². The van der Waals surface area contributed by atoms with Crippen LogP contribution in [0.15, 0.2) is 54.6 Å². The number of hydrogen-bond acceptors (Lipinski definition) is 6. The topological polar surface area (TPSA) is 111 Å². The maximum Gasteiger partial charge on any atom is 0.446 e. The van der Waals surface area contributed by atoms with E-state index in [0.717, 1.165) is 30.4 Å². The van der Waals surface area contributed by atoms with Gasteiger partial charge in [-0.3, -0.25) is 9.35 Å². The van der Waals surface area contributed by atoms with E-state index < -0.39 is 10.4 Å². The summed E-state index contributed by atoms with van der Waals surface area (Å²) >= 11 is 0. The average Bonchev–Trinajstić information content (AvgIpc) is 2.78. The summed E-state index contributed by atoms with van der Waals surface area (Å²) in [4.78, 5) is 12.1. The average molecular weight is 492 g/mol. The van der Waals surface area contributed by atoms with Gasteiger partial charge in [0, 0.05) is 13.0 Å². The van der Waals surface area contributed by atoms with E-state index in [1.807, 2.05) is 12.1 Å². The number of rotatable bonds is 14. The van der Waals surface area contributed by atoms with E-state index in [4.69, 9.17) is 14.0 Å². The third-order valence-corrected chi connectivity index (χ3v) is 5.19. The van der Waals surface area contributed by atoms with Gasteiger partial charge in [-0.1, -0.05) is 44.2 Å². The Balaban J connectivity index is 1.80. The van der Waals surface area contributed by atoms with Crippen molar-refractivity contribution in [3.63, 3.8) is 0 Å². The molecular weight excluding hydrogens is 458 g/mol. The molecule has 186 valence electrons. The molecule has 0 saturated heterocycles. The number of unbranched alkanes of at least 4 members (excludes halogenated alkanes) is 2. The SMILES string of the molecule is COc1cc(CNC(=O)CCCC/C=C/C(C)C)ccc1OCc1ccc(OS(=O)(=O)O)cc1. The second-order valence-electron chi connectivity index (χ2n) is 8.12. The molecule has 0 aliphatic carbocycles. The van der Waals surface area contributed by atoms with Gasteiger partial charge in [0.05, 0.1) is 7.11 Å². The van der Waals surface area contributed by atoms with Gasteiger partial charge in [0.2, 0.25) is 5.91 Å². The lowest BCUT2D eigenvalue weighted by Crippen LogP contribution is -2.22. The molecule has 0 aliphatic heterocycles. The van der Waals surface area contributed by atoms with Crippen LogP contribution in [0.1, 0.15) is 50.7 Å². The zero-order valence-corrected chi connectivity index (χ0v) is 20.6. The van der Waals surface area contributed by atoms with Crippen LogP contribution in [0.3, 0.4) is 0 Å². The Morgan fingerprint density at radius 3 is 2.41 bits per heavy atom. The molecule has 2 aromatic rings. The predicted molar refractivity (Wildman–Crippen MR) is 130 cm³/mol. The van der Waals surface area contributed by atoms with Gasteiger partial charge < -0.3 is 19.0 Å². The van der Waals surface area contributed by atoms with Crippen molar-refractivity contribution in [3.05, 3.63) is 65.7 Å². The summed E-state index contributed by atoms with van der Waals surface area (Å²) in [7, 11) is -3.01. The van der Waals surface area contributed by atoms with Crippen molar-refractivity contribution >= 4 is 16.3 Å². The van der Waals surface area contributed by atoms with Crippen LogP contribution in [-0.4, -0.2) is 26.0 Å². The standard InChI is InChI=1S/C25H33NO7S/c1-19(2)8-6-4-5-7-9-25(27)26-17-21-12-15-23(24(16-21)31-3)32-18-20-10-13-22(14-11-20)33-34(28,29)30/h6,8,10-16,19H,4-5,7,9,17-18H2,1-3H3,(H,26,27)(H,28,29,30)/b8-6+. The summed E-state index contributed by atoms with van der Waals surface area (Å²) in [5.41, 5.74) is 1.66. The molecule has 0 saturated carbocycles. The van der Waals surface area contributed by atoms with Gasteiger partial charge in [-0.05, 0) is 60.6 Å². The van der Waals surface area contributed by atoms with Crippen LogP contribution < -0.4 is 19.0 Å². The van der Waals surface area contributed by atoms with E-state index in [9.17, 15) is 13.2 Å². The summed E-state index contributed by atoms with van der Waals surface area (Å²) in [6.07, 6.45) is 7.69. The predicted octanol–water partition coefficient (Wildman–Crippen LogP) is 4.84. The van der Waals surface area contributed by atoms with Crippen LogP contribution in [0.4, 0.5) is 0 Å². The highest BCUT2D eigenvalue weighted by Gasteiger charge is 2.09. The lowest BCUT2D eigenvalue weighted by molar-refractivity contribution is -0.121. The van der Waals surface area contributed by atoms with Crippen LogP contribution in [0, 0.1) is 5.92 Å². The van der Waals surface area contributed by atoms with E-state index in [1.54, 1.807) is 25.3 Å². The Morgan fingerprint density at radius 2 is 1.76 bits per heavy atom. The lowest BCUT2D eigenvalue weighted by Gasteiger charge is -2.13. The van der Waals surface area contributed by atoms with E-state index in [1.165, 1.54) is 12.1 Å². The summed E-state index contributed by atoms with van der Waals surface area (Å²) in [5.74, 6) is 1.64. The number of hydrogen-bond donors (Lipinski definition) is 2. The van der Waals surface area contributed by atoms with Crippen molar-refractivity contribution in [2.75, 3.05) is 7.11 Å². The minimum absolute atomic E-state index is 0.00167. The van der Waals surface area contributed by atoms with Gasteiger partial charge in [0.1, 0.15) is 12.4 Å². The van der Waals surface area contributed by atoms with Gasteiger partial charge in [0.25, 0.3) is 0 Å². The maximum absolute atomic E-state index is 12.1. The molecule has 0 atom stereocenters. The highest BCUT2D eigenvalue weighted by molar-refractivity contribution is 7.81. The second-order valence-corrected chi connectivity index (χ2v) is 9.15. The number of nitrogens with one attached hydrogen (secondary N) is 1. The molecule has 1 amide bonds. The van der Waals surface area contributed by atoms with Crippen molar-refractivity contribution in [2.24, 2.45) is 5.92 Å². The van der Waals surface area contributed by atoms with E-state index >= 15 is 0 Å². The Morgan fingerprint density at radius 1 is 1.06 bits per heavy atom. The Labute approximate surface area is 201 Å². The molecule has 0 radical (unpaired) electrons. The summed E-state index contributed by atoms with van der Waals surface area (Å²) < 4.78 is 45.8. The van der Waals surface area contributed by atoms with Crippen molar-refractivity contribution in [1.29, 1.82) is 0 Å². The van der Waals surface area contributed by atoms with Crippen molar-refractivity contribution < 1.29 is 31.4 Å². The van der Waals surface area contributed by atoms with Crippen molar-refractivity contribution in [2.45, 2.75) is 52.7 Å². The minimum Gasteiger partial charge on any atom is -0.493 e. The van der Waals surface area contributed by atoms with Gasteiger partial charge in [-0.15, -0.1) is 0 Å². The smallest absolute Gasteiger partial charge is 0.446 e. The number of amides is 1. The first-order valence-corrected chi connectivity index (χ1v) is 12.5. The molecule has 34 heavy (non-hydrogen) atoms. The summed E-state index contributed by atoms with van der Waals surface area (Å²) in [6, 6.07) is 11.5. The van der Waals surface area contributed by atoms with Gasteiger partial charge in [0.15, 0.2) is 11.5 Å². The van der Waals surface area contributed by atoms with Gasteiger partial charge in [-0.2, -0.15) is 8.42 Å². The largest absolute Gasteiger partial charge is 0.493 e. The van der Waals surface area contributed by atoms with Crippen LogP contribution in [0.5, 0.6) is 17.2 Å². The summed E-state index contributed by atoms with van der Waals surface area (Å²) in [6.45, 7) is 4.90. The Hall–Kier alpha value is -3.04. The quantitative estimate of drug-likeness (QED) is 0.221. The third-order valence-electron chi connectivity index (χ3n) is 4.78. The van der Waals surface area contributed by atoms with Crippen LogP contribution >= 0.6 is 0 Å². The molecule has 2 N–H and O–H groups in total. The number of ether oxygens (including phenoxy) is 2. The second kappa shape index (κ2) is 13.6. The zero-order valence-electron chi connectivity index (χ0n) is 19.8. The molecular formula is C25H33NO7S. The van der Waals surface area contributed by atoms with E-state index in [2.05, 4.69) is 35.5 Å². The first kappa shape index (κ1) is 27.2. The molecule has 0 bridgehead atoms. The van der Waals surface area contributed by atoms with Crippen LogP contribution in [0.25, 0.3) is 0 Å². The molecule has 2 rings (SSSR count). The first-order chi connectivity index (χ1) is 16.2. The van der Waals surface area contributed by atoms with E-state index in [-0.39, 0.29) is 18.3 Å². The fourth-order valence-electron chi connectivity index (χ4n) is 3.07. The molecule has 0 spiro atoms. The Bertz CT molecular complexity index is 1050. The molecule has 0 heterocycles. The molecule has 0 aliphatic rings. The normalized spacial score (nSPS) is 11.6. The number of methoxy groups -OCH3 is 1. The lowest BCUT2D eigenvalue weighted by atomic mass is 10.1. The highest BCUT2D eigenvalue weighted by atomic mass is 32.3. The molecule has 9 heteroatoms. The third kappa shape index (κ3) is 10.7. The number of allylic oxidation sites excluding steroid dienone is 2. The molecule has 2 aromatic carbocycles. The first-order valence-electron chi connectivity index (χ1n) is 11.1. The number of carbonyl (C=O) groups is 1. The van der Waals surface area contributed by atoms with Crippen molar-refractivity contribution in [1.82, 2.24) is 5.32 Å². The molecule has 0 unspecified atom stereocenters. The fraction of sp³-hybridized carbons (Fsp3) is 0.400. The van der Waals surface area contributed by atoms with E-state index in [0.29, 0.717) is 30.4 Å². The monoisotopic (exact) mass is 491 g/mol. The maximum atomic E-state index is 12.1.